The Morgan fingerprint density at radius 3 is 2.86 bits per heavy atom. The fourth-order valence-electron chi connectivity index (χ4n) is 0.282. The number of rotatable bonds is 0. The third-order valence-electron chi connectivity index (χ3n) is 0.581. The first-order valence-corrected chi connectivity index (χ1v) is 2.83. The maximum absolute atomic E-state index is 5.46. The van der Waals surface area contributed by atoms with E-state index in [-0.39, 0.29) is 0 Å². The van der Waals surface area contributed by atoms with Crippen LogP contribution in [0, 0.1) is 0 Å². The maximum Gasteiger partial charge on any atom is 0.208 e. The summed E-state index contributed by atoms with van der Waals surface area (Å²) in [6.45, 7) is 0.572. The van der Waals surface area contributed by atoms with Crippen LogP contribution in [0.1, 0.15) is 0 Å². The number of nitrogens with one attached hydrogen (secondary N) is 1. The Morgan fingerprint density at radius 1 is 2.00 bits per heavy atom. The summed E-state index contributed by atoms with van der Waals surface area (Å²) in [4.78, 5) is 0. The van der Waals surface area contributed by atoms with Crippen molar-refractivity contribution in [1.82, 2.24) is 9.84 Å². The monoisotopic (exact) mass is 183 g/mol. The summed E-state index contributed by atoms with van der Waals surface area (Å²) in [6, 6.07) is 0. The molecule has 0 spiro atoms. The lowest BCUT2D eigenvalue weighted by molar-refractivity contribution is 0.633. The predicted octanol–water partition coefficient (Wildman–Crippen LogP) is 0.669. The average molecular weight is 184 g/mol. The molecule has 0 aliphatic carbocycles. The van der Waals surface area contributed by atoms with Crippen LogP contribution in [0.15, 0.2) is 5.10 Å². The molecule has 40 valence electrons. The molecular weight excluding hydrogens is 181 g/mol. The topological polar surface area (TPSA) is 27.6 Å². The molecule has 0 aromatic rings. The van der Waals surface area contributed by atoms with E-state index in [4.69, 9.17) is 11.8 Å². The molecule has 5 heteroatoms. The number of halogens is 2. The third kappa shape index (κ3) is 0.978. The van der Waals surface area contributed by atoms with E-state index >= 15 is 0 Å². The maximum atomic E-state index is 5.46. The SMILES string of the molecule is ClN1CNN=C1Br. The van der Waals surface area contributed by atoms with Crippen LogP contribution in [-0.2, 0) is 0 Å². The minimum absolute atomic E-state index is 0.572. The molecule has 7 heavy (non-hydrogen) atoms. The molecule has 3 nitrogen and oxygen atoms in total. The van der Waals surface area contributed by atoms with Crippen molar-refractivity contribution in [1.29, 1.82) is 0 Å². The summed E-state index contributed by atoms with van der Waals surface area (Å²) < 4.78 is 2.06. The number of hydrazone groups is 1. The summed E-state index contributed by atoms with van der Waals surface area (Å²) >= 11 is 8.54. The first-order chi connectivity index (χ1) is 3.30. The van der Waals surface area contributed by atoms with Crippen molar-refractivity contribution < 1.29 is 0 Å². The molecule has 1 aliphatic heterocycles. The summed E-state index contributed by atoms with van der Waals surface area (Å²) in [5.74, 6) is 0. The quantitative estimate of drug-likeness (QED) is 0.443. The van der Waals surface area contributed by atoms with Crippen LogP contribution in [0.25, 0.3) is 0 Å². The summed E-state index contributed by atoms with van der Waals surface area (Å²) in [5, 5.41) is 3.69. The van der Waals surface area contributed by atoms with Gasteiger partial charge in [-0.2, -0.15) is 5.10 Å². The van der Waals surface area contributed by atoms with E-state index in [1.165, 1.54) is 4.42 Å². The Labute approximate surface area is 54.6 Å². The van der Waals surface area contributed by atoms with Crippen LogP contribution in [0.3, 0.4) is 0 Å². The third-order valence-corrected chi connectivity index (χ3v) is 1.67. The highest BCUT2D eigenvalue weighted by Gasteiger charge is 2.08. The van der Waals surface area contributed by atoms with Gasteiger partial charge in [0, 0.05) is 11.8 Å². The minimum atomic E-state index is 0.572. The molecule has 0 atom stereocenters. The Morgan fingerprint density at radius 2 is 2.71 bits per heavy atom. The van der Waals surface area contributed by atoms with Gasteiger partial charge in [-0.25, -0.2) is 4.42 Å². The second kappa shape index (κ2) is 1.88. The van der Waals surface area contributed by atoms with Gasteiger partial charge in [0.1, 0.15) is 6.67 Å². The lowest BCUT2D eigenvalue weighted by Gasteiger charge is -1.99. The van der Waals surface area contributed by atoms with Crippen molar-refractivity contribution in [3.8, 4) is 0 Å². The Balaban J connectivity index is 2.54. The number of nitrogens with zero attached hydrogens (tertiary/aromatic N) is 2. The summed E-state index contributed by atoms with van der Waals surface area (Å²) in [7, 11) is 0. The normalized spacial score (nSPS) is 19.1. The van der Waals surface area contributed by atoms with Gasteiger partial charge in [-0.3, -0.25) is 5.43 Å². The molecule has 0 saturated carbocycles. The number of hydrogen-bond acceptors (Lipinski definition) is 3. The van der Waals surface area contributed by atoms with Crippen molar-refractivity contribution in [3.05, 3.63) is 0 Å². The molecule has 0 bridgehead atoms. The molecule has 0 aromatic heterocycles. The number of amidine groups is 1. The van der Waals surface area contributed by atoms with Crippen molar-refractivity contribution in [3.63, 3.8) is 0 Å². The summed E-state index contributed by atoms with van der Waals surface area (Å²) in [5.41, 5.74) is 2.66. The van der Waals surface area contributed by atoms with Crippen LogP contribution in [0.5, 0.6) is 0 Å². The van der Waals surface area contributed by atoms with E-state index in [1.54, 1.807) is 0 Å². The highest BCUT2D eigenvalue weighted by molar-refractivity contribution is 9.18. The molecule has 0 radical (unpaired) electrons. The largest absolute Gasteiger partial charge is 0.287 e. The average Bonchev–Trinajstić information content (AvgIpc) is 1.91. The standard InChI is InChI=1S/C2H3BrClN3/c3-2-6-5-1-7(2)4/h5H,1H2. The Bertz CT molecular complexity index is 103. The van der Waals surface area contributed by atoms with Crippen molar-refractivity contribution >= 4 is 32.5 Å². The lowest BCUT2D eigenvalue weighted by Crippen LogP contribution is -2.14. The van der Waals surface area contributed by atoms with Gasteiger partial charge in [0.25, 0.3) is 0 Å². The zero-order valence-corrected chi connectivity index (χ0v) is 5.70. The van der Waals surface area contributed by atoms with Gasteiger partial charge in [-0.05, 0) is 15.9 Å². The first kappa shape index (κ1) is 5.18. The lowest BCUT2D eigenvalue weighted by atomic mass is 11.1. The molecule has 1 rings (SSSR count). The van der Waals surface area contributed by atoms with Crippen LogP contribution >= 0.6 is 27.7 Å². The zero-order chi connectivity index (χ0) is 5.28. The molecule has 1 N–H and O–H groups in total. The molecule has 0 fully saturated rings. The molecule has 0 saturated heterocycles. The smallest absolute Gasteiger partial charge is 0.208 e. The molecule has 0 unspecified atom stereocenters. The van der Waals surface area contributed by atoms with Gasteiger partial charge in [-0.1, -0.05) is 0 Å². The van der Waals surface area contributed by atoms with Crippen molar-refractivity contribution in [2.75, 3.05) is 6.67 Å². The first-order valence-electron chi connectivity index (χ1n) is 1.70. The van der Waals surface area contributed by atoms with Crippen LogP contribution < -0.4 is 5.43 Å². The molecule has 1 aliphatic rings. The second-order valence-corrected chi connectivity index (χ2v) is 2.18. The van der Waals surface area contributed by atoms with Crippen LogP contribution in [0.2, 0.25) is 0 Å². The Kier molecular flexibility index (Phi) is 1.39. The zero-order valence-electron chi connectivity index (χ0n) is 3.36. The highest BCUT2D eigenvalue weighted by Crippen LogP contribution is 2.04. The van der Waals surface area contributed by atoms with E-state index in [2.05, 4.69) is 26.5 Å². The van der Waals surface area contributed by atoms with Gasteiger partial charge >= 0.3 is 0 Å². The van der Waals surface area contributed by atoms with E-state index in [0.29, 0.717) is 11.4 Å². The van der Waals surface area contributed by atoms with E-state index < -0.39 is 0 Å². The van der Waals surface area contributed by atoms with Crippen LogP contribution in [-0.4, -0.2) is 15.8 Å². The molecule has 0 amide bonds. The van der Waals surface area contributed by atoms with Crippen molar-refractivity contribution in [2.45, 2.75) is 0 Å². The van der Waals surface area contributed by atoms with Gasteiger partial charge in [-0.15, -0.1) is 0 Å². The second-order valence-electron chi connectivity index (χ2n) is 1.06. The molecule has 1 heterocycles. The van der Waals surface area contributed by atoms with Gasteiger partial charge < -0.3 is 0 Å². The Hall–Kier alpha value is 0.0400. The number of hydrogen-bond donors (Lipinski definition) is 1. The minimum Gasteiger partial charge on any atom is -0.287 e. The van der Waals surface area contributed by atoms with Gasteiger partial charge in [0.05, 0.1) is 0 Å². The van der Waals surface area contributed by atoms with Gasteiger partial charge in [0.15, 0.2) is 0 Å². The predicted molar refractivity (Wildman–Crippen MR) is 32.1 cm³/mol. The van der Waals surface area contributed by atoms with Gasteiger partial charge in [0.2, 0.25) is 4.74 Å². The molecular formula is C2H3BrClN3. The molecule has 0 aromatic carbocycles. The summed E-state index contributed by atoms with van der Waals surface area (Å²) in [6.07, 6.45) is 0. The van der Waals surface area contributed by atoms with E-state index in [1.807, 2.05) is 0 Å². The highest BCUT2D eigenvalue weighted by atomic mass is 79.9. The van der Waals surface area contributed by atoms with E-state index in [9.17, 15) is 0 Å². The van der Waals surface area contributed by atoms with Crippen LogP contribution in [0.4, 0.5) is 0 Å². The fourth-order valence-corrected chi connectivity index (χ4v) is 0.624. The van der Waals surface area contributed by atoms with Crippen molar-refractivity contribution in [2.24, 2.45) is 5.10 Å². The fraction of sp³-hybridized carbons (Fsp3) is 0.500. The van der Waals surface area contributed by atoms with E-state index in [0.717, 1.165) is 0 Å².